The zero-order chi connectivity index (χ0) is 29.3. The molecule has 12 nitrogen and oxygen atoms in total. The number of hydrogen-bond acceptors (Lipinski definition) is 10. The van der Waals surface area contributed by atoms with E-state index in [2.05, 4.69) is 0 Å². The first kappa shape index (κ1) is 27.7. The normalized spacial score (nSPS) is 19.8. The van der Waals surface area contributed by atoms with Crippen molar-refractivity contribution in [2.45, 2.75) is 25.5 Å². The van der Waals surface area contributed by atoms with Gasteiger partial charge in [0.1, 0.15) is 17.7 Å². The minimum atomic E-state index is -1.19. The number of methoxy groups -OCH3 is 3. The van der Waals surface area contributed by atoms with Crippen LogP contribution in [0.2, 0.25) is 0 Å². The predicted octanol–water partition coefficient (Wildman–Crippen LogP) is 4.46. The number of benzene rings is 3. The lowest BCUT2D eigenvalue weighted by molar-refractivity contribution is -0.384. The molecule has 2 saturated heterocycles. The molecule has 0 aromatic heterocycles. The molecule has 5 rings (SSSR count). The molecular weight excluding hydrogens is 534 g/mol. The molecule has 0 N–H and O–H groups in total. The number of imide groups is 1. The Hall–Kier alpha value is -4.84. The van der Waals surface area contributed by atoms with E-state index in [0.29, 0.717) is 35.0 Å². The molecule has 2 amide bonds. The van der Waals surface area contributed by atoms with Crippen LogP contribution in [0.4, 0.5) is 17.1 Å². The van der Waals surface area contributed by atoms with Crippen LogP contribution in [-0.4, -0.2) is 50.8 Å². The Balaban J connectivity index is 1.61. The standard InChI is InChI=1S/C29H29N3O9/c1-5-15-40-20-11-9-17(10-12-20)30-28(33)23-24(21-13-14-22(37-2)26(39-4)25(21)38-3)31(41-27(23)29(30)34)18-7-6-8-19(16-18)32(35)36/h6-14,16,23-24,27H,5,15H2,1-4H3/t23-,24-,27+/m1/s1. The van der Waals surface area contributed by atoms with Gasteiger partial charge in [0.2, 0.25) is 11.7 Å². The SMILES string of the molecule is CCCOc1ccc(N2C(=O)[C@H]3[C@H](ON(c4cccc([N+](=O)[O-])c4)[C@@H]3c3ccc(OC)c(OC)c3OC)C2=O)cc1. The Labute approximate surface area is 236 Å². The lowest BCUT2D eigenvalue weighted by atomic mass is 9.89. The van der Waals surface area contributed by atoms with E-state index >= 15 is 0 Å². The monoisotopic (exact) mass is 563 g/mol. The topological polar surface area (TPSA) is 130 Å². The van der Waals surface area contributed by atoms with Gasteiger partial charge in [-0.2, -0.15) is 0 Å². The van der Waals surface area contributed by atoms with E-state index in [1.807, 2.05) is 6.92 Å². The molecule has 0 spiro atoms. The second-order valence-electron chi connectivity index (χ2n) is 9.38. The van der Waals surface area contributed by atoms with E-state index in [0.717, 1.165) is 11.3 Å². The molecule has 12 heteroatoms. The largest absolute Gasteiger partial charge is 0.494 e. The summed E-state index contributed by atoms with van der Waals surface area (Å²) < 4.78 is 22.3. The number of amides is 2. The third-order valence-electron chi connectivity index (χ3n) is 7.03. The second-order valence-corrected chi connectivity index (χ2v) is 9.38. The molecule has 2 heterocycles. The first-order valence-electron chi connectivity index (χ1n) is 12.9. The third-order valence-corrected chi connectivity index (χ3v) is 7.03. The van der Waals surface area contributed by atoms with Gasteiger partial charge in [0.05, 0.1) is 44.2 Å². The molecule has 3 atom stereocenters. The molecule has 2 fully saturated rings. The highest BCUT2D eigenvalue weighted by molar-refractivity contribution is 6.24. The van der Waals surface area contributed by atoms with Gasteiger partial charge < -0.3 is 18.9 Å². The maximum absolute atomic E-state index is 14.0. The highest BCUT2D eigenvalue weighted by atomic mass is 16.7. The first-order chi connectivity index (χ1) is 19.8. The van der Waals surface area contributed by atoms with Crippen molar-refractivity contribution >= 4 is 28.9 Å². The number of non-ortho nitro benzene ring substituents is 1. The summed E-state index contributed by atoms with van der Waals surface area (Å²) in [4.78, 5) is 46.0. The van der Waals surface area contributed by atoms with Crippen molar-refractivity contribution in [3.63, 3.8) is 0 Å². The summed E-state index contributed by atoms with van der Waals surface area (Å²) in [6, 6.07) is 14.9. The van der Waals surface area contributed by atoms with Crippen LogP contribution in [0.5, 0.6) is 23.0 Å². The van der Waals surface area contributed by atoms with Crippen LogP contribution in [-0.2, 0) is 14.4 Å². The van der Waals surface area contributed by atoms with Crippen LogP contribution >= 0.6 is 0 Å². The van der Waals surface area contributed by atoms with Gasteiger partial charge in [-0.15, -0.1) is 0 Å². The number of carbonyl (C=O) groups excluding carboxylic acids is 2. The van der Waals surface area contributed by atoms with E-state index in [4.69, 9.17) is 23.8 Å². The number of hydrogen-bond donors (Lipinski definition) is 0. The number of anilines is 2. The smallest absolute Gasteiger partial charge is 0.271 e. The lowest BCUT2D eigenvalue weighted by Gasteiger charge is -2.30. The van der Waals surface area contributed by atoms with Crippen molar-refractivity contribution in [1.29, 1.82) is 0 Å². The van der Waals surface area contributed by atoms with Gasteiger partial charge in [0, 0.05) is 17.7 Å². The highest BCUT2D eigenvalue weighted by Gasteiger charge is 2.61. The van der Waals surface area contributed by atoms with E-state index in [1.165, 1.54) is 44.6 Å². The number of carbonyl (C=O) groups is 2. The minimum absolute atomic E-state index is 0.175. The Morgan fingerprint density at radius 2 is 1.63 bits per heavy atom. The van der Waals surface area contributed by atoms with Crippen molar-refractivity contribution in [1.82, 2.24) is 0 Å². The molecule has 0 bridgehead atoms. The quantitative estimate of drug-likeness (QED) is 0.198. The van der Waals surface area contributed by atoms with Crippen molar-refractivity contribution in [2.75, 3.05) is 37.9 Å². The lowest BCUT2D eigenvalue weighted by Crippen LogP contribution is -2.37. The molecule has 3 aromatic rings. The maximum Gasteiger partial charge on any atom is 0.271 e. The van der Waals surface area contributed by atoms with Crippen molar-refractivity contribution in [2.24, 2.45) is 5.92 Å². The maximum atomic E-state index is 14.0. The fourth-order valence-corrected chi connectivity index (χ4v) is 5.22. The van der Waals surface area contributed by atoms with Crippen LogP contribution < -0.4 is 28.9 Å². The van der Waals surface area contributed by atoms with Gasteiger partial charge in [0.15, 0.2) is 17.6 Å². The van der Waals surface area contributed by atoms with Gasteiger partial charge in [-0.05, 0) is 48.9 Å². The van der Waals surface area contributed by atoms with Gasteiger partial charge in [0.25, 0.3) is 11.6 Å². The van der Waals surface area contributed by atoms with Crippen molar-refractivity contribution in [3.05, 3.63) is 76.3 Å². The number of nitro groups is 1. The first-order valence-corrected chi connectivity index (χ1v) is 12.9. The summed E-state index contributed by atoms with van der Waals surface area (Å²) in [5, 5.41) is 12.9. The molecule has 3 aromatic carbocycles. The summed E-state index contributed by atoms with van der Waals surface area (Å²) in [7, 11) is 4.38. The fraction of sp³-hybridized carbons (Fsp3) is 0.310. The van der Waals surface area contributed by atoms with Gasteiger partial charge in [-0.1, -0.05) is 13.0 Å². The Morgan fingerprint density at radius 3 is 2.27 bits per heavy atom. The Kier molecular flexibility index (Phi) is 7.66. The molecular formula is C29H29N3O9. The van der Waals surface area contributed by atoms with E-state index in [1.54, 1.807) is 42.5 Å². The van der Waals surface area contributed by atoms with Gasteiger partial charge >= 0.3 is 0 Å². The van der Waals surface area contributed by atoms with E-state index in [9.17, 15) is 19.7 Å². The van der Waals surface area contributed by atoms with Crippen LogP contribution in [0.25, 0.3) is 0 Å². The van der Waals surface area contributed by atoms with Crippen LogP contribution in [0, 0.1) is 16.0 Å². The summed E-state index contributed by atoms with van der Waals surface area (Å²) in [5.74, 6) is -0.484. The van der Waals surface area contributed by atoms with Crippen molar-refractivity contribution in [3.8, 4) is 23.0 Å². The van der Waals surface area contributed by atoms with Crippen LogP contribution in [0.3, 0.4) is 0 Å². The molecule has 41 heavy (non-hydrogen) atoms. The zero-order valence-corrected chi connectivity index (χ0v) is 22.9. The number of ether oxygens (including phenoxy) is 4. The molecule has 0 aliphatic carbocycles. The molecule has 0 unspecified atom stereocenters. The number of nitro benzene ring substituents is 1. The molecule has 214 valence electrons. The molecule has 0 radical (unpaired) electrons. The fourth-order valence-electron chi connectivity index (χ4n) is 5.22. The number of rotatable bonds is 10. The summed E-state index contributed by atoms with van der Waals surface area (Å²) in [5.41, 5.74) is 0.961. The molecule has 0 saturated carbocycles. The molecule has 2 aliphatic rings. The highest BCUT2D eigenvalue weighted by Crippen LogP contribution is 2.53. The average Bonchev–Trinajstić information content (AvgIpc) is 3.50. The zero-order valence-electron chi connectivity index (χ0n) is 22.9. The van der Waals surface area contributed by atoms with Gasteiger partial charge in [-0.25, -0.2) is 9.96 Å². The van der Waals surface area contributed by atoms with Crippen molar-refractivity contribution < 1.29 is 38.3 Å². The van der Waals surface area contributed by atoms with E-state index < -0.39 is 34.8 Å². The number of hydroxylamine groups is 1. The third kappa shape index (κ3) is 4.76. The van der Waals surface area contributed by atoms with Crippen LogP contribution in [0.15, 0.2) is 60.7 Å². The number of nitrogens with zero attached hydrogens (tertiary/aromatic N) is 3. The summed E-state index contributed by atoms with van der Waals surface area (Å²) in [6.45, 7) is 2.54. The van der Waals surface area contributed by atoms with Crippen LogP contribution in [0.1, 0.15) is 24.9 Å². The second kappa shape index (κ2) is 11.3. The van der Waals surface area contributed by atoms with E-state index in [-0.39, 0.29) is 17.2 Å². The Morgan fingerprint density at radius 1 is 0.902 bits per heavy atom. The average molecular weight is 564 g/mol. The molecule has 2 aliphatic heterocycles. The summed E-state index contributed by atoms with van der Waals surface area (Å²) in [6.07, 6.45) is -0.353. The predicted molar refractivity (Wildman–Crippen MR) is 147 cm³/mol. The van der Waals surface area contributed by atoms with Gasteiger partial charge in [-0.3, -0.25) is 24.5 Å². The number of fused-ring (bicyclic) bond motifs is 1. The Bertz CT molecular complexity index is 1480. The summed E-state index contributed by atoms with van der Waals surface area (Å²) >= 11 is 0. The minimum Gasteiger partial charge on any atom is -0.494 e.